The fourth-order valence-corrected chi connectivity index (χ4v) is 3.29. The van der Waals surface area contributed by atoms with Crippen LogP contribution < -0.4 is 15.2 Å². The van der Waals surface area contributed by atoms with Gasteiger partial charge in [-0.2, -0.15) is 0 Å². The quantitative estimate of drug-likeness (QED) is 0.490. The molecule has 0 saturated carbocycles. The van der Waals surface area contributed by atoms with E-state index >= 15 is 0 Å². The number of anilines is 1. The number of fused-ring (bicyclic) bond motifs is 1. The van der Waals surface area contributed by atoms with Crippen LogP contribution in [0.4, 0.5) is 5.69 Å². The zero-order chi connectivity index (χ0) is 19.0. The summed E-state index contributed by atoms with van der Waals surface area (Å²) in [4.78, 5) is 4.30. The van der Waals surface area contributed by atoms with Crippen LogP contribution in [0, 0.1) is 0 Å². The predicted octanol–water partition coefficient (Wildman–Crippen LogP) is 5.28. The number of methoxy groups -OCH3 is 1. The van der Waals surface area contributed by atoms with Crippen LogP contribution in [-0.2, 0) is 7.05 Å². The van der Waals surface area contributed by atoms with Crippen LogP contribution in [0.2, 0.25) is 5.02 Å². The molecule has 5 nitrogen and oxygen atoms in total. The number of nitrogens with zero attached hydrogens (tertiary/aromatic N) is 2. The van der Waals surface area contributed by atoms with Crippen LogP contribution in [0.1, 0.15) is 0 Å². The molecule has 0 spiro atoms. The number of aromatic nitrogens is 2. The third-order valence-electron chi connectivity index (χ3n) is 4.38. The molecule has 2 aromatic heterocycles. The summed E-state index contributed by atoms with van der Waals surface area (Å²) in [7, 11) is 3.58. The molecule has 136 valence electrons. The number of halogens is 1. The Hall–Kier alpha value is -3.18. The van der Waals surface area contributed by atoms with E-state index in [9.17, 15) is 0 Å². The lowest BCUT2D eigenvalue weighted by molar-refractivity contribution is 0.401. The van der Waals surface area contributed by atoms with E-state index in [1.807, 2.05) is 54.2 Å². The van der Waals surface area contributed by atoms with E-state index in [4.69, 9.17) is 26.8 Å². The van der Waals surface area contributed by atoms with E-state index in [0.717, 1.165) is 22.0 Å². The summed E-state index contributed by atoms with van der Waals surface area (Å²) >= 11 is 5.97. The van der Waals surface area contributed by atoms with Gasteiger partial charge in [0.1, 0.15) is 17.0 Å². The molecule has 0 unspecified atom stereocenters. The number of hydrogen-bond acceptors (Lipinski definition) is 4. The Morgan fingerprint density at radius 2 is 1.81 bits per heavy atom. The minimum atomic E-state index is 0.574. The first-order chi connectivity index (χ1) is 13.1. The highest BCUT2D eigenvalue weighted by molar-refractivity contribution is 6.30. The molecule has 4 rings (SSSR count). The highest BCUT2D eigenvalue weighted by atomic mass is 35.5. The maximum atomic E-state index is 6.12. The van der Waals surface area contributed by atoms with Gasteiger partial charge < -0.3 is 19.8 Å². The number of nitrogens with two attached hydrogens (primary N) is 1. The van der Waals surface area contributed by atoms with Crippen LogP contribution in [0.15, 0.2) is 60.9 Å². The smallest absolute Gasteiger partial charge is 0.238 e. The second-order valence-corrected chi connectivity index (χ2v) is 6.62. The average Bonchev–Trinajstić information content (AvgIpc) is 3.02. The van der Waals surface area contributed by atoms with Crippen molar-refractivity contribution < 1.29 is 9.47 Å². The molecule has 2 heterocycles. The second kappa shape index (κ2) is 6.85. The SMILES string of the molecule is COc1nccc2c(-c3cc(N)ccc3Oc3ccc(Cl)cc3)cn(C)c12. The summed E-state index contributed by atoms with van der Waals surface area (Å²) in [6.45, 7) is 0. The summed E-state index contributed by atoms with van der Waals surface area (Å²) in [5.74, 6) is 1.98. The number of aryl methyl sites for hydroxylation is 1. The van der Waals surface area contributed by atoms with Gasteiger partial charge in [-0.15, -0.1) is 0 Å². The van der Waals surface area contributed by atoms with Gasteiger partial charge in [-0.1, -0.05) is 11.6 Å². The molecule has 2 aromatic carbocycles. The molecule has 0 bridgehead atoms. The highest BCUT2D eigenvalue weighted by Gasteiger charge is 2.17. The maximum Gasteiger partial charge on any atom is 0.238 e. The van der Waals surface area contributed by atoms with Crippen molar-refractivity contribution in [2.75, 3.05) is 12.8 Å². The third-order valence-corrected chi connectivity index (χ3v) is 4.64. The van der Waals surface area contributed by atoms with Gasteiger partial charge in [0.25, 0.3) is 0 Å². The summed E-state index contributed by atoms with van der Waals surface area (Å²) in [6.07, 6.45) is 3.76. The normalized spacial score (nSPS) is 10.9. The number of hydrogen-bond donors (Lipinski definition) is 1. The predicted molar refractivity (Wildman–Crippen MR) is 109 cm³/mol. The summed E-state index contributed by atoms with van der Waals surface area (Å²) in [5.41, 5.74) is 9.52. The van der Waals surface area contributed by atoms with E-state index < -0.39 is 0 Å². The van der Waals surface area contributed by atoms with Crippen molar-refractivity contribution in [1.29, 1.82) is 0 Å². The van der Waals surface area contributed by atoms with Crippen molar-refractivity contribution in [3.05, 3.63) is 65.9 Å². The molecule has 0 aliphatic carbocycles. The van der Waals surface area contributed by atoms with Gasteiger partial charge in [-0.25, -0.2) is 4.98 Å². The molecule has 4 aromatic rings. The fraction of sp³-hybridized carbons (Fsp3) is 0.0952. The number of ether oxygens (including phenoxy) is 2. The second-order valence-electron chi connectivity index (χ2n) is 6.18. The minimum absolute atomic E-state index is 0.574. The number of pyridine rings is 1. The van der Waals surface area contributed by atoms with E-state index in [1.54, 1.807) is 25.4 Å². The first-order valence-electron chi connectivity index (χ1n) is 8.38. The van der Waals surface area contributed by atoms with Gasteiger partial charge in [-0.05, 0) is 48.5 Å². The molecule has 27 heavy (non-hydrogen) atoms. The van der Waals surface area contributed by atoms with Gasteiger partial charge in [0, 0.05) is 46.7 Å². The Bertz CT molecular complexity index is 1120. The number of nitrogen functional groups attached to an aromatic ring is 1. The molecule has 0 amide bonds. The lowest BCUT2D eigenvalue weighted by atomic mass is 10.0. The molecule has 0 atom stereocenters. The molecule has 0 aliphatic rings. The largest absolute Gasteiger partial charge is 0.479 e. The van der Waals surface area contributed by atoms with Crippen molar-refractivity contribution in [3.8, 4) is 28.5 Å². The zero-order valence-corrected chi connectivity index (χ0v) is 15.7. The fourth-order valence-electron chi connectivity index (χ4n) is 3.16. The number of benzene rings is 2. The van der Waals surface area contributed by atoms with Gasteiger partial charge in [0.15, 0.2) is 0 Å². The lowest BCUT2D eigenvalue weighted by Gasteiger charge is -2.12. The molecular weight excluding hydrogens is 362 g/mol. The topological polar surface area (TPSA) is 62.3 Å². The summed E-state index contributed by atoms with van der Waals surface area (Å²) < 4.78 is 13.5. The van der Waals surface area contributed by atoms with Gasteiger partial charge in [-0.3, -0.25) is 0 Å². The zero-order valence-electron chi connectivity index (χ0n) is 14.9. The van der Waals surface area contributed by atoms with Crippen LogP contribution in [0.3, 0.4) is 0 Å². The van der Waals surface area contributed by atoms with Gasteiger partial charge >= 0.3 is 0 Å². The maximum absolute atomic E-state index is 6.12. The third kappa shape index (κ3) is 3.17. The van der Waals surface area contributed by atoms with Gasteiger partial charge in [0.05, 0.1) is 7.11 Å². The first kappa shape index (κ1) is 17.2. The summed E-state index contributed by atoms with van der Waals surface area (Å²) in [5, 5.41) is 1.67. The molecule has 0 radical (unpaired) electrons. The summed E-state index contributed by atoms with van der Waals surface area (Å²) in [6, 6.07) is 14.8. The Balaban J connectivity index is 1.88. The average molecular weight is 380 g/mol. The van der Waals surface area contributed by atoms with E-state index in [1.165, 1.54) is 0 Å². The molecular formula is C21H18ClN3O2. The highest BCUT2D eigenvalue weighted by Crippen LogP contribution is 2.40. The van der Waals surface area contributed by atoms with Crippen molar-refractivity contribution in [3.63, 3.8) is 0 Å². The number of rotatable bonds is 4. The van der Waals surface area contributed by atoms with Crippen LogP contribution >= 0.6 is 11.6 Å². The first-order valence-corrected chi connectivity index (χ1v) is 8.76. The Morgan fingerprint density at radius 3 is 2.56 bits per heavy atom. The lowest BCUT2D eigenvalue weighted by Crippen LogP contribution is -1.92. The van der Waals surface area contributed by atoms with E-state index in [-0.39, 0.29) is 0 Å². The monoisotopic (exact) mass is 379 g/mol. The van der Waals surface area contributed by atoms with Crippen LogP contribution in [0.5, 0.6) is 17.4 Å². The minimum Gasteiger partial charge on any atom is -0.479 e. The Kier molecular flexibility index (Phi) is 4.38. The van der Waals surface area contributed by atoms with Crippen LogP contribution in [-0.4, -0.2) is 16.7 Å². The molecule has 6 heteroatoms. The van der Waals surface area contributed by atoms with Crippen molar-refractivity contribution in [2.24, 2.45) is 7.05 Å². The van der Waals surface area contributed by atoms with Gasteiger partial charge in [0.2, 0.25) is 5.88 Å². The van der Waals surface area contributed by atoms with Crippen molar-refractivity contribution >= 4 is 28.2 Å². The molecule has 0 aliphatic heterocycles. The molecule has 2 N–H and O–H groups in total. The van der Waals surface area contributed by atoms with Crippen molar-refractivity contribution in [2.45, 2.75) is 0 Å². The Labute approximate surface area is 161 Å². The standard InChI is InChI=1S/C21H18ClN3O2/c1-25-12-18(16-9-10-24-21(26-2)20(16)25)17-11-14(23)5-8-19(17)27-15-6-3-13(22)4-7-15/h3-12H,23H2,1-2H3. The van der Waals surface area contributed by atoms with Crippen LogP contribution in [0.25, 0.3) is 22.0 Å². The molecule has 0 fully saturated rings. The molecule has 0 saturated heterocycles. The van der Waals surface area contributed by atoms with E-state index in [2.05, 4.69) is 4.98 Å². The Morgan fingerprint density at radius 1 is 1.04 bits per heavy atom. The van der Waals surface area contributed by atoms with E-state index in [0.29, 0.717) is 28.1 Å². The van der Waals surface area contributed by atoms with Crippen molar-refractivity contribution in [1.82, 2.24) is 9.55 Å².